The van der Waals surface area contributed by atoms with Crippen molar-refractivity contribution in [1.82, 2.24) is 10.2 Å². The van der Waals surface area contributed by atoms with Crippen LogP contribution in [0.25, 0.3) is 0 Å². The molecule has 1 fully saturated rings. The number of rotatable bonds is 4. The Morgan fingerprint density at radius 1 is 1.18 bits per heavy atom. The van der Waals surface area contributed by atoms with Crippen molar-refractivity contribution in [3.8, 4) is 5.75 Å². The second-order valence-electron chi connectivity index (χ2n) is 7.98. The summed E-state index contributed by atoms with van der Waals surface area (Å²) in [6.07, 6.45) is 0.208. The van der Waals surface area contributed by atoms with Crippen molar-refractivity contribution >= 4 is 35.2 Å². The van der Waals surface area contributed by atoms with E-state index in [4.69, 9.17) is 4.74 Å². The number of nitrogens with one attached hydrogen (secondary N) is 1. The molecule has 2 aliphatic rings. The molecule has 2 heterocycles. The highest BCUT2D eigenvalue weighted by Gasteiger charge is 2.36. The van der Waals surface area contributed by atoms with E-state index < -0.39 is 6.04 Å². The highest BCUT2D eigenvalue weighted by molar-refractivity contribution is 7.99. The second kappa shape index (κ2) is 8.43. The summed E-state index contributed by atoms with van der Waals surface area (Å²) in [5.41, 5.74) is 0.393. The highest BCUT2D eigenvalue weighted by atomic mass is 32.2. The molecular formula is C20H27N3O4S. The van der Waals surface area contributed by atoms with Crippen molar-refractivity contribution in [3.63, 3.8) is 0 Å². The third kappa shape index (κ3) is 4.79. The molecule has 7 nitrogen and oxygen atoms in total. The quantitative estimate of drug-likeness (QED) is 0.829. The third-order valence-electron chi connectivity index (χ3n) is 4.59. The average molecular weight is 406 g/mol. The fraction of sp³-hybridized carbons (Fsp3) is 0.550. The number of fused-ring (bicyclic) bond motifs is 1. The van der Waals surface area contributed by atoms with Crippen molar-refractivity contribution < 1.29 is 19.1 Å². The molecule has 1 aromatic carbocycles. The van der Waals surface area contributed by atoms with E-state index in [0.29, 0.717) is 30.5 Å². The number of benzene rings is 1. The molecule has 0 aliphatic carbocycles. The predicted molar refractivity (Wildman–Crippen MR) is 109 cm³/mol. The minimum atomic E-state index is -0.476. The lowest BCUT2D eigenvalue weighted by Gasteiger charge is -2.30. The summed E-state index contributed by atoms with van der Waals surface area (Å²) in [4.78, 5) is 41.2. The van der Waals surface area contributed by atoms with Gasteiger partial charge in [0.25, 0.3) is 0 Å². The minimum Gasteiger partial charge on any atom is -0.490 e. The maximum atomic E-state index is 12.7. The van der Waals surface area contributed by atoms with Gasteiger partial charge in [-0.3, -0.25) is 14.4 Å². The third-order valence-corrected chi connectivity index (χ3v) is 5.60. The van der Waals surface area contributed by atoms with Crippen LogP contribution >= 0.6 is 11.8 Å². The summed E-state index contributed by atoms with van der Waals surface area (Å²) in [7, 11) is 0. The Balaban J connectivity index is 1.58. The van der Waals surface area contributed by atoms with Crippen molar-refractivity contribution in [2.45, 2.75) is 45.2 Å². The molecule has 1 aromatic rings. The van der Waals surface area contributed by atoms with E-state index in [-0.39, 0.29) is 36.1 Å². The van der Waals surface area contributed by atoms with E-state index in [9.17, 15) is 14.4 Å². The van der Waals surface area contributed by atoms with Crippen LogP contribution in [-0.2, 0) is 14.4 Å². The van der Waals surface area contributed by atoms with Crippen LogP contribution in [-0.4, -0.2) is 59.0 Å². The van der Waals surface area contributed by atoms with Crippen LogP contribution in [0.2, 0.25) is 0 Å². The summed E-state index contributed by atoms with van der Waals surface area (Å²) in [5, 5.41) is 2.94. The van der Waals surface area contributed by atoms with Gasteiger partial charge in [-0.25, -0.2) is 0 Å². The van der Waals surface area contributed by atoms with Gasteiger partial charge >= 0.3 is 0 Å². The van der Waals surface area contributed by atoms with E-state index in [1.165, 1.54) is 0 Å². The normalized spacial score (nSPS) is 19.0. The van der Waals surface area contributed by atoms with Gasteiger partial charge in [0, 0.05) is 24.1 Å². The van der Waals surface area contributed by atoms with Crippen LogP contribution in [0, 0.1) is 0 Å². The number of anilines is 1. The van der Waals surface area contributed by atoms with Crippen molar-refractivity contribution in [2.24, 2.45) is 0 Å². The minimum absolute atomic E-state index is 0.0955. The Morgan fingerprint density at radius 2 is 1.89 bits per heavy atom. The molecule has 1 atom stereocenters. The standard InChI is InChI=1S/C20H27N3O4S/c1-20(2,3)21-19(26)15-12-28-13-23(15)18(25)9-8-17(24)22-10-11-27-16-7-5-4-6-14(16)22/h4-7,15H,8-13H2,1-3H3,(H,21,26). The predicted octanol–water partition coefficient (Wildman–Crippen LogP) is 2.01. The van der Waals surface area contributed by atoms with Crippen molar-refractivity contribution in [2.75, 3.05) is 29.7 Å². The van der Waals surface area contributed by atoms with Gasteiger partial charge in [0.05, 0.1) is 18.1 Å². The highest BCUT2D eigenvalue weighted by Crippen LogP contribution is 2.31. The second-order valence-corrected chi connectivity index (χ2v) is 8.98. The molecule has 2 aliphatic heterocycles. The first-order chi connectivity index (χ1) is 13.3. The van der Waals surface area contributed by atoms with Crippen molar-refractivity contribution in [1.29, 1.82) is 0 Å². The Labute approximate surface area is 169 Å². The molecule has 0 radical (unpaired) electrons. The van der Waals surface area contributed by atoms with Gasteiger partial charge in [-0.05, 0) is 32.9 Å². The van der Waals surface area contributed by atoms with E-state index in [1.54, 1.807) is 21.6 Å². The molecule has 3 rings (SSSR count). The van der Waals surface area contributed by atoms with E-state index in [0.717, 1.165) is 5.69 Å². The number of thioether (sulfide) groups is 1. The molecular weight excluding hydrogens is 378 g/mol. The van der Waals surface area contributed by atoms with Gasteiger partial charge in [-0.1, -0.05) is 12.1 Å². The zero-order chi connectivity index (χ0) is 20.3. The van der Waals surface area contributed by atoms with E-state index >= 15 is 0 Å². The number of para-hydroxylation sites is 2. The van der Waals surface area contributed by atoms with Gasteiger partial charge in [-0.2, -0.15) is 0 Å². The van der Waals surface area contributed by atoms with E-state index in [2.05, 4.69) is 5.32 Å². The molecule has 1 N–H and O–H groups in total. The molecule has 0 saturated carbocycles. The molecule has 0 bridgehead atoms. The monoisotopic (exact) mass is 405 g/mol. The first-order valence-electron chi connectivity index (χ1n) is 9.48. The molecule has 0 aromatic heterocycles. The van der Waals surface area contributed by atoms with Crippen LogP contribution in [0.5, 0.6) is 5.75 Å². The number of carbonyl (C=O) groups excluding carboxylic acids is 3. The number of ether oxygens (including phenoxy) is 1. The molecule has 0 spiro atoms. The lowest BCUT2D eigenvalue weighted by molar-refractivity contribution is -0.139. The Hall–Kier alpha value is -2.22. The van der Waals surface area contributed by atoms with Crippen molar-refractivity contribution in [3.05, 3.63) is 24.3 Å². The molecule has 28 heavy (non-hydrogen) atoms. The number of carbonyl (C=O) groups is 3. The van der Waals surface area contributed by atoms with Gasteiger partial charge in [0.15, 0.2) is 0 Å². The Morgan fingerprint density at radius 3 is 2.64 bits per heavy atom. The van der Waals surface area contributed by atoms with Gasteiger partial charge in [0.1, 0.15) is 18.4 Å². The molecule has 8 heteroatoms. The van der Waals surface area contributed by atoms with Gasteiger partial charge < -0.3 is 19.9 Å². The van der Waals surface area contributed by atoms with Crippen LogP contribution in [0.1, 0.15) is 33.6 Å². The maximum Gasteiger partial charge on any atom is 0.244 e. The van der Waals surface area contributed by atoms with Crippen LogP contribution in [0.3, 0.4) is 0 Å². The average Bonchev–Trinajstić information content (AvgIpc) is 3.14. The lowest BCUT2D eigenvalue weighted by atomic mass is 10.1. The van der Waals surface area contributed by atoms with Crippen LogP contribution in [0.4, 0.5) is 5.69 Å². The number of hydrogen-bond donors (Lipinski definition) is 1. The number of amides is 3. The zero-order valence-corrected chi connectivity index (χ0v) is 17.4. The summed E-state index contributed by atoms with van der Waals surface area (Å²) in [6.45, 7) is 6.66. The summed E-state index contributed by atoms with van der Waals surface area (Å²) in [6, 6.07) is 6.93. The van der Waals surface area contributed by atoms with Gasteiger partial charge in [-0.15, -0.1) is 11.8 Å². The Kier molecular flexibility index (Phi) is 6.17. The summed E-state index contributed by atoms with van der Waals surface area (Å²) in [5.74, 6) is 1.34. The molecule has 1 unspecified atom stereocenters. The summed E-state index contributed by atoms with van der Waals surface area (Å²) >= 11 is 1.56. The molecule has 1 saturated heterocycles. The maximum absolute atomic E-state index is 12.7. The largest absolute Gasteiger partial charge is 0.490 e. The zero-order valence-electron chi connectivity index (χ0n) is 16.6. The van der Waals surface area contributed by atoms with E-state index in [1.807, 2.05) is 45.0 Å². The number of hydrogen-bond acceptors (Lipinski definition) is 5. The van der Waals surface area contributed by atoms with Crippen LogP contribution < -0.4 is 15.0 Å². The SMILES string of the molecule is CC(C)(C)NC(=O)C1CSCN1C(=O)CCC(=O)N1CCOc2ccccc21. The first-order valence-corrected chi connectivity index (χ1v) is 10.6. The Bertz CT molecular complexity index is 762. The lowest BCUT2D eigenvalue weighted by Crippen LogP contribution is -2.52. The molecule has 3 amide bonds. The fourth-order valence-corrected chi connectivity index (χ4v) is 4.46. The fourth-order valence-electron chi connectivity index (χ4n) is 3.28. The smallest absolute Gasteiger partial charge is 0.244 e. The van der Waals surface area contributed by atoms with Gasteiger partial charge in [0.2, 0.25) is 17.7 Å². The molecule has 152 valence electrons. The first kappa shape index (κ1) is 20.5. The topological polar surface area (TPSA) is 79.0 Å². The summed E-state index contributed by atoms with van der Waals surface area (Å²) < 4.78 is 5.57. The number of nitrogens with zero attached hydrogens (tertiary/aromatic N) is 2. The van der Waals surface area contributed by atoms with Crippen LogP contribution in [0.15, 0.2) is 24.3 Å².